The molecule has 0 fully saturated rings. The second kappa shape index (κ2) is 7.53. The summed E-state index contributed by atoms with van der Waals surface area (Å²) in [7, 11) is 1.60. The minimum absolute atomic E-state index is 0.0518. The molecule has 1 aromatic carbocycles. The highest BCUT2D eigenvalue weighted by Gasteiger charge is 2.09. The summed E-state index contributed by atoms with van der Waals surface area (Å²) in [6.07, 6.45) is 0.320. The van der Waals surface area contributed by atoms with Crippen molar-refractivity contribution in [3.8, 4) is 0 Å². The van der Waals surface area contributed by atoms with Crippen molar-refractivity contribution in [1.82, 2.24) is 0 Å². The van der Waals surface area contributed by atoms with E-state index in [1.165, 1.54) is 0 Å². The van der Waals surface area contributed by atoms with E-state index >= 15 is 0 Å². The van der Waals surface area contributed by atoms with Gasteiger partial charge in [-0.2, -0.15) is 0 Å². The van der Waals surface area contributed by atoms with Gasteiger partial charge in [0.05, 0.1) is 6.42 Å². The monoisotopic (exact) mass is 265 g/mol. The molecule has 1 atom stereocenters. The van der Waals surface area contributed by atoms with Gasteiger partial charge in [0.1, 0.15) is 0 Å². The lowest BCUT2D eigenvalue weighted by molar-refractivity contribution is -0.136. The van der Waals surface area contributed by atoms with Gasteiger partial charge in [-0.25, -0.2) is 0 Å². The van der Waals surface area contributed by atoms with E-state index in [0.29, 0.717) is 24.3 Å². The Morgan fingerprint density at radius 2 is 2.16 bits per heavy atom. The lowest BCUT2D eigenvalue weighted by atomic mass is 10.1. The van der Waals surface area contributed by atoms with Crippen molar-refractivity contribution >= 4 is 17.6 Å². The Morgan fingerprint density at radius 3 is 2.79 bits per heavy atom. The van der Waals surface area contributed by atoms with Crippen LogP contribution in [0.15, 0.2) is 24.3 Å². The average molecular weight is 265 g/mol. The van der Waals surface area contributed by atoms with Gasteiger partial charge in [0.2, 0.25) is 5.91 Å². The van der Waals surface area contributed by atoms with Crippen LogP contribution in [0.25, 0.3) is 0 Å². The molecule has 0 aliphatic heterocycles. The molecule has 0 radical (unpaired) electrons. The number of nitrogens with one attached hydrogen (secondary N) is 1. The smallest absolute Gasteiger partial charge is 0.307 e. The number of rotatable bonds is 7. The molecular formula is C14H19NO4. The van der Waals surface area contributed by atoms with Gasteiger partial charge in [0, 0.05) is 25.8 Å². The number of carboxylic acids is 1. The van der Waals surface area contributed by atoms with Crippen LogP contribution in [0.5, 0.6) is 0 Å². The molecule has 0 saturated heterocycles. The molecule has 0 aromatic heterocycles. The van der Waals surface area contributed by atoms with Crippen molar-refractivity contribution in [1.29, 1.82) is 0 Å². The van der Waals surface area contributed by atoms with E-state index in [2.05, 4.69) is 5.32 Å². The van der Waals surface area contributed by atoms with Gasteiger partial charge in [-0.1, -0.05) is 19.1 Å². The van der Waals surface area contributed by atoms with E-state index in [1.807, 2.05) is 6.92 Å². The van der Waals surface area contributed by atoms with Crippen molar-refractivity contribution in [3.63, 3.8) is 0 Å². The van der Waals surface area contributed by atoms with Crippen LogP contribution < -0.4 is 5.32 Å². The molecule has 1 rings (SSSR count). The highest BCUT2D eigenvalue weighted by atomic mass is 16.5. The van der Waals surface area contributed by atoms with Gasteiger partial charge in [-0.05, 0) is 23.6 Å². The van der Waals surface area contributed by atoms with Gasteiger partial charge < -0.3 is 15.2 Å². The molecule has 0 spiro atoms. The number of benzene rings is 1. The zero-order valence-corrected chi connectivity index (χ0v) is 11.2. The predicted molar refractivity (Wildman–Crippen MR) is 72.1 cm³/mol. The summed E-state index contributed by atoms with van der Waals surface area (Å²) in [6, 6.07) is 6.86. The van der Waals surface area contributed by atoms with Crippen molar-refractivity contribution in [2.24, 2.45) is 5.92 Å². The number of ether oxygens (including phenoxy) is 1. The van der Waals surface area contributed by atoms with Crippen LogP contribution in [-0.4, -0.2) is 30.7 Å². The normalized spacial score (nSPS) is 11.9. The summed E-state index contributed by atoms with van der Waals surface area (Å²) in [5.74, 6) is -0.846. The summed E-state index contributed by atoms with van der Waals surface area (Å²) in [5.41, 5.74) is 1.28. The summed E-state index contributed by atoms with van der Waals surface area (Å²) < 4.78 is 4.97. The molecule has 1 unspecified atom stereocenters. The number of carbonyl (C=O) groups is 2. The zero-order chi connectivity index (χ0) is 14.3. The van der Waals surface area contributed by atoms with Crippen LogP contribution in [0, 0.1) is 5.92 Å². The average Bonchev–Trinajstić information content (AvgIpc) is 2.28. The van der Waals surface area contributed by atoms with E-state index in [4.69, 9.17) is 9.84 Å². The van der Waals surface area contributed by atoms with Crippen molar-refractivity contribution in [2.45, 2.75) is 19.8 Å². The van der Waals surface area contributed by atoms with Crippen LogP contribution in [0.4, 0.5) is 5.69 Å². The summed E-state index contributed by atoms with van der Waals surface area (Å²) in [6.45, 7) is 2.47. The quantitative estimate of drug-likeness (QED) is 0.789. The number of methoxy groups -OCH3 is 1. The third-order valence-corrected chi connectivity index (χ3v) is 2.55. The molecule has 1 amide bonds. The maximum Gasteiger partial charge on any atom is 0.307 e. The summed E-state index contributed by atoms with van der Waals surface area (Å²) in [5, 5.41) is 11.5. The lowest BCUT2D eigenvalue weighted by Crippen LogP contribution is -2.17. The van der Waals surface area contributed by atoms with Crippen LogP contribution in [-0.2, 0) is 20.7 Å². The van der Waals surface area contributed by atoms with Crippen LogP contribution in [0.1, 0.15) is 18.9 Å². The predicted octanol–water partition coefficient (Wildman–Crippen LogP) is 1.92. The van der Waals surface area contributed by atoms with Gasteiger partial charge in [-0.3, -0.25) is 9.59 Å². The van der Waals surface area contributed by atoms with E-state index in [0.717, 1.165) is 0 Å². The Bertz CT molecular complexity index is 445. The molecule has 5 heteroatoms. The Balaban J connectivity index is 2.56. The second-order valence-electron chi connectivity index (χ2n) is 4.58. The lowest BCUT2D eigenvalue weighted by Gasteiger charge is -2.11. The molecule has 0 bridgehead atoms. The van der Waals surface area contributed by atoms with Crippen molar-refractivity contribution < 1.29 is 19.4 Å². The Morgan fingerprint density at radius 1 is 1.42 bits per heavy atom. The molecule has 0 aliphatic carbocycles. The fourth-order valence-electron chi connectivity index (χ4n) is 1.81. The zero-order valence-electron chi connectivity index (χ0n) is 11.2. The van der Waals surface area contributed by atoms with Crippen LogP contribution in [0.2, 0.25) is 0 Å². The first-order valence-corrected chi connectivity index (χ1v) is 6.10. The first kappa shape index (κ1) is 15.2. The Kier molecular flexibility index (Phi) is 6.02. The summed E-state index contributed by atoms with van der Waals surface area (Å²) >= 11 is 0. The fraction of sp³-hybridized carbons (Fsp3) is 0.429. The molecular weight excluding hydrogens is 246 g/mol. The van der Waals surface area contributed by atoms with E-state index in [9.17, 15) is 9.59 Å². The number of aliphatic carboxylic acids is 1. The number of anilines is 1. The first-order chi connectivity index (χ1) is 9.01. The second-order valence-corrected chi connectivity index (χ2v) is 4.58. The van der Waals surface area contributed by atoms with Crippen molar-refractivity contribution in [2.75, 3.05) is 19.0 Å². The van der Waals surface area contributed by atoms with E-state index in [-0.39, 0.29) is 18.2 Å². The number of amides is 1. The summed E-state index contributed by atoms with van der Waals surface area (Å²) in [4.78, 5) is 22.4. The maximum atomic E-state index is 11.7. The standard InChI is InChI=1S/C14H19NO4/c1-10(9-19-2)6-13(16)15-12-5-3-4-11(7-12)8-14(17)18/h3-5,7,10H,6,8-9H2,1-2H3,(H,15,16)(H,17,18). The highest BCUT2D eigenvalue weighted by molar-refractivity contribution is 5.91. The molecule has 0 saturated carbocycles. The molecule has 19 heavy (non-hydrogen) atoms. The van der Waals surface area contributed by atoms with Gasteiger partial charge in [0.15, 0.2) is 0 Å². The number of hydrogen-bond acceptors (Lipinski definition) is 3. The third-order valence-electron chi connectivity index (χ3n) is 2.55. The molecule has 0 heterocycles. The third kappa shape index (κ3) is 6.01. The van der Waals surface area contributed by atoms with Crippen molar-refractivity contribution in [3.05, 3.63) is 29.8 Å². The van der Waals surface area contributed by atoms with Crippen LogP contribution in [0.3, 0.4) is 0 Å². The van der Waals surface area contributed by atoms with E-state index < -0.39 is 5.97 Å². The van der Waals surface area contributed by atoms with Gasteiger partial charge in [0.25, 0.3) is 0 Å². The minimum Gasteiger partial charge on any atom is -0.481 e. The SMILES string of the molecule is COCC(C)CC(=O)Nc1cccc(CC(=O)O)c1. The maximum absolute atomic E-state index is 11.7. The molecule has 104 valence electrons. The van der Waals surface area contributed by atoms with Gasteiger partial charge in [-0.15, -0.1) is 0 Å². The van der Waals surface area contributed by atoms with Gasteiger partial charge >= 0.3 is 5.97 Å². The number of carbonyl (C=O) groups excluding carboxylic acids is 1. The number of carboxylic acid groups (broad SMARTS) is 1. The molecule has 0 aliphatic rings. The highest BCUT2D eigenvalue weighted by Crippen LogP contribution is 2.13. The molecule has 5 nitrogen and oxygen atoms in total. The molecule has 1 aromatic rings. The Hall–Kier alpha value is -1.88. The molecule has 2 N–H and O–H groups in total. The Labute approximate surface area is 112 Å². The topological polar surface area (TPSA) is 75.6 Å². The number of hydrogen-bond donors (Lipinski definition) is 2. The minimum atomic E-state index is -0.891. The van der Waals surface area contributed by atoms with E-state index in [1.54, 1.807) is 31.4 Å². The largest absolute Gasteiger partial charge is 0.481 e. The fourth-order valence-corrected chi connectivity index (χ4v) is 1.81. The van der Waals surface area contributed by atoms with Crippen LogP contribution >= 0.6 is 0 Å². The first-order valence-electron chi connectivity index (χ1n) is 6.10.